The van der Waals surface area contributed by atoms with Gasteiger partial charge in [0.2, 0.25) is 0 Å². The van der Waals surface area contributed by atoms with Gasteiger partial charge in [-0.3, -0.25) is 4.79 Å². The zero-order valence-electron chi connectivity index (χ0n) is 9.24. The number of Topliss-reactive ketones (excluding diaryl/α,β-unsaturated/α-hetero) is 1. The topological polar surface area (TPSA) is 53.1 Å². The smallest absolute Gasteiger partial charge is 0.176 e. The number of aromatic amines is 1. The van der Waals surface area contributed by atoms with E-state index in [9.17, 15) is 9.90 Å². The summed E-state index contributed by atoms with van der Waals surface area (Å²) >= 11 is 0. The average molecular weight is 215 g/mol. The predicted molar refractivity (Wildman–Crippen MR) is 62.6 cm³/mol. The van der Waals surface area contributed by atoms with Crippen LogP contribution in [0.4, 0.5) is 0 Å². The lowest BCUT2D eigenvalue weighted by atomic mass is 10.1. The van der Waals surface area contributed by atoms with Gasteiger partial charge in [0, 0.05) is 18.2 Å². The van der Waals surface area contributed by atoms with Gasteiger partial charge in [0.1, 0.15) is 5.75 Å². The fourth-order valence-electron chi connectivity index (χ4n) is 1.75. The van der Waals surface area contributed by atoms with Crippen molar-refractivity contribution in [3.8, 4) is 17.0 Å². The van der Waals surface area contributed by atoms with Crippen molar-refractivity contribution in [2.24, 2.45) is 0 Å². The van der Waals surface area contributed by atoms with Gasteiger partial charge in [-0.15, -0.1) is 0 Å². The largest absolute Gasteiger partial charge is 0.508 e. The van der Waals surface area contributed by atoms with E-state index in [-0.39, 0.29) is 11.5 Å². The molecule has 2 rings (SSSR count). The Hall–Kier alpha value is -2.03. The highest BCUT2D eigenvalue weighted by atomic mass is 16.3. The van der Waals surface area contributed by atoms with Crippen molar-refractivity contribution in [1.82, 2.24) is 4.98 Å². The number of rotatable bonds is 2. The summed E-state index contributed by atoms with van der Waals surface area (Å²) in [4.78, 5) is 14.4. The molecule has 3 nitrogen and oxygen atoms in total. The molecule has 0 bridgehead atoms. The molecule has 82 valence electrons. The first-order valence-corrected chi connectivity index (χ1v) is 5.08. The minimum Gasteiger partial charge on any atom is -0.508 e. The molecule has 1 aromatic carbocycles. The van der Waals surface area contributed by atoms with Crippen molar-refractivity contribution in [3.63, 3.8) is 0 Å². The number of aromatic hydroxyl groups is 1. The van der Waals surface area contributed by atoms with Crippen LogP contribution in [-0.4, -0.2) is 15.9 Å². The number of hydrogen-bond acceptors (Lipinski definition) is 2. The molecule has 1 heterocycles. The predicted octanol–water partition coefficient (Wildman–Crippen LogP) is 2.90. The normalized spacial score (nSPS) is 10.4. The third-order valence-corrected chi connectivity index (χ3v) is 2.52. The van der Waals surface area contributed by atoms with Crippen molar-refractivity contribution >= 4 is 5.78 Å². The first-order chi connectivity index (χ1) is 7.58. The molecule has 0 aliphatic rings. The molecule has 0 aliphatic carbocycles. The Kier molecular flexibility index (Phi) is 2.52. The number of aryl methyl sites for hydroxylation is 1. The highest BCUT2D eigenvalue weighted by Crippen LogP contribution is 2.24. The number of hydrogen-bond donors (Lipinski definition) is 2. The van der Waals surface area contributed by atoms with E-state index >= 15 is 0 Å². The average Bonchev–Trinajstić information content (AvgIpc) is 2.60. The summed E-state index contributed by atoms with van der Waals surface area (Å²) in [6.07, 6.45) is 0. The van der Waals surface area contributed by atoms with Gasteiger partial charge in [0.05, 0.1) is 5.69 Å². The Balaban J connectivity index is 2.49. The first kappa shape index (κ1) is 10.5. The van der Waals surface area contributed by atoms with E-state index in [1.807, 2.05) is 19.1 Å². The Morgan fingerprint density at radius 3 is 2.62 bits per heavy atom. The van der Waals surface area contributed by atoms with Gasteiger partial charge in [-0.2, -0.15) is 0 Å². The Labute approximate surface area is 93.7 Å². The van der Waals surface area contributed by atoms with Crippen molar-refractivity contribution in [2.75, 3.05) is 0 Å². The number of aromatic nitrogens is 1. The Morgan fingerprint density at radius 2 is 2.06 bits per heavy atom. The van der Waals surface area contributed by atoms with Gasteiger partial charge in [-0.05, 0) is 30.7 Å². The van der Waals surface area contributed by atoms with Gasteiger partial charge in [0.15, 0.2) is 5.78 Å². The molecule has 0 aliphatic heterocycles. The summed E-state index contributed by atoms with van der Waals surface area (Å²) < 4.78 is 0. The summed E-state index contributed by atoms with van der Waals surface area (Å²) in [5.74, 6) is 0.234. The molecule has 3 heteroatoms. The lowest BCUT2D eigenvalue weighted by Gasteiger charge is -1.98. The molecule has 2 N–H and O–H groups in total. The van der Waals surface area contributed by atoms with E-state index in [1.54, 1.807) is 18.2 Å². The van der Waals surface area contributed by atoms with Gasteiger partial charge in [-0.25, -0.2) is 0 Å². The molecule has 0 amide bonds. The van der Waals surface area contributed by atoms with Crippen LogP contribution in [0.5, 0.6) is 5.75 Å². The van der Waals surface area contributed by atoms with Gasteiger partial charge in [0.25, 0.3) is 0 Å². The van der Waals surface area contributed by atoms with Gasteiger partial charge >= 0.3 is 0 Å². The molecule has 0 unspecified atom stereocenters. The second-order valence-electron chi connectivity index (χ2n) is 3.85. The highest BCUT2D eigenvalue weighted by molar-refractivity contribution is 5.94. The SMILES string of the molecule is CC(=O)c1[nH]c(-c2cccc(O)c2)cc1C. The van der Waals surface area contributed by atoms with Gasteiger partial charge < -0.3 is 10.1 Å². The Bertz CT molecular complexity index is 541. The van der Waals surface area contributed by atoms with Crippen LogP contribution in [0.3, 0.4) is 0 Å². The van der Waals surface area contributed by atoms with E-state index in [2.05, 4.69) is 4.98 Å². The van der Waals surface area contributed by atoms with Crippen molar-refractivity contribution in [2.45, 2.75) is 13.8 Å². The number of phenols is 1. The minimum atomic E-state index is 0.0175. The minimum absolute atomic E-state index is 0.0175. The molecule has 0 radical (unpaired) electrons. The van der Waals surface area contributed by atoms with E-state index in [4.69, 9.17) is 0 Å². The second kappa shape index (κ2) is 3.85. The fourth-order valence-corrected chi connectivity index (χ4v) is 1.75. The van der Waals surface area contributed by atoms with Crippen LogP contribution < -0.4 is 0 Å². The maximum absolute atomic E-state index is 11.3. The van der Waals surface area contributed by atoms with Crippen LogP contribution in [0.2, 0.25) is 0 Å². The summed E-state index contributed by atoms with van der Waals surface area (Å²) in [5.41, 5.74) is 3.26. The van der Waals surface area contributed by atoms with Crippen LogP contribution in [0, 0.1) is 6.92 Å². The lowest BCUT2D eigenvalue weighted by Crippen LogP contribution is -1.94. The third-order valence-electron chi connectivity index (χ3n) is 2.52. The van der Waals surface area contributed by atoms with Crippen LogP contribution in [0.15, 0.2) is 30.3 Å². The number of carbonyl (C=O) groups excluding carboxylic acids is 1. The van der Waals surface area contributed by atoms with E-state index in [0.717, 1.165) is 16.8 Å². The molecule has 16 heavy (non-hydrogen) atoms. The molecule has 1 aromatic heterocycles. The molecule has 0 saturated heterocycles. The molecule has 0 spiro atoms. The van der Waals surface area contributed by atoms with E-state index < -0.39 is 0 Å². The van der Waals surface area contributed by atoms with Crippen LogP contribution in [0.25, 0.3) is 11.3 Å². The van der Waals surface area contributed by atoms with Crippen molar-refractivity contribution in [3.05, 3.63) is 41.6 Å². The first-order valence-electron chi connectivity index (χ1n) is 5.08. The van der Waals surface area contributed by atoms with Crippen LogP contribution >= 0.6 is 0 Å². The number of H-pyrrole nitrogens is 1. The second-order valence-corrected chi connectivity index (χ2v) is 3.85. The number of carbonyl (C=O) groups is 1. The molecule has 0 saturated carbocycles. The highest BCUT2D eigenvalue weighted by Gasteiger charge is 2.09. The van der Waals surface area contributed by atoms with Crippen LogP contribution in [-0.2, 0) is 0 Å². The number of ketones is 1. The Morgan fingerprint density at radius 1 is 1.31 bits per heavy atom. The standard InChI is InChI=1S/C13H13NO2/c1-8-6-12(14-13(8)9(2)15)10-4-3-5-11(16)7-10/h3-7,14,16H,1-2H3. The summed E-state index contributed by atoms with van der Waals surface area (Å²) in [6.45, 7) is 3.42. The zero-order chi connectivity index (χ0) is 11.7. The summed E-state index contributed by atoms with van der Waals surface area (Å²) in [7, 11) is 0. The maximum Gasteiger partial charge on any atom is 0.176 e. The molecule has 0 fully saturated rings. The maximum atomic E-state index is 11.3. The molecule has 2 aromatic rings. The van der Waals surface area contributed by atoms with Gasteiger partial charge in [-0.1, -0.05) is 12.1 Å². The van der Waals surface area contributed by atoms with Crippen LogP contribution in [0.1, 0.15) is 23.0 Å². The zero-order valence-corrected chi connectivity index (χ0v) is 9.24. The molecular weight excluding hydrogens is 202 g/mol. The lowest BCUT2D eigenvalue weighted by molar-refractivity contribution is 0.101. The van der Waals surface area contributed by atoms with E-state index in [1.165, 1.54) is 6.92 Å². The number of benzene rings is 1. The third kappa shape index (κ3) is 1.84. The fraction of sp³-hybridized carbons (Fsp3) is 0.154. The van der Waals surface area contributed by atoms with E-state index in [0.29, 0.717) is 5.69 Å². The summed E-state index contributed by atoms with van der Waals surface area (Å²) in [6, 6.07) is 8.84. The van der Waals surface area contributed by atoms with Crippen molar-refractivity contribution in [1.29, 1.82) is 0 Å². The summed E-state index contributed by atoms with van der Waals surface area (Å²) in [5, 5.41) is 9.38. The molecular formula is C13H13NO2. The monoisotopic (exact) mass is 215 g/mol. The quantitative estimate of drug-likeness (QED) is 0.757. The van der Waals surface area contributed by atoms with Crippen molar-refractivity contribution < 1.29 is 9.90 Å². The number of phenolic OH excluding ortho intramolecular Hbond substituents is 1. The molecule has 0 atom stereocenters. The number of nitrogens with one attached hydrogen (secondary N) is 1.